The molecule has 0 unspecified atom stereocenters. The van der Waals surface area contributed by atoms with Crippen molar-refractivity contribution in [2.24, 2.45) is 0 Å². The van der Waals surface area contributed by atoms with Gasteiger partial charge in [-0.1, -0.05) is 18.5 Å². The second-order valence-corrected chi connectivity index (χ2v) is 6.71. The van der Waals surface area contributed by atoms with Crippen molar-refractivity contribution in [3.63, 3.8) is 0 Å². The molecule has 1 aromatic rings. The van der Waals surface area contributed by atoms with E-state index in [1.54, 1.807) is 6.92 Å². The zero-order valence-corrected chi connectivity index (χ0v) is 13.1. The van der Waals surface area contributed by atoms with Crippen LogP contribution in [0.5, 0.6) is 0 Å². The molecule has 0 aliphatic heterocycles. The van der Waals surface area contributed by atoms with E-state index in [0.717, 1.165) is 12.1 Å². The van der Waals surface area contributed by atoms with Crippen LogP contribution in [0.15, 0.2) is 18.2 Å². The zero-order valence-electron chi connectivity index (χ0n) is 11.5. The van der Waals surface area contributed by atoms with E-state index in [1.807, 2.05) is 4.72 Å². The summed E-state index contributed by atoms with van der Waals surface area (Å²) in [7, 11) is -3.58. The third kappa shape index (κ3) is 5.82. The first-order valence-corrected chi connectivity index (χ1v) is 8.22. The summed E-state index contributed by atoms with van der Waals surface area (Å²) < 4.78 is 62.5. The highest BCUT2D eigenvalue weighted by Gasteiger charge is 2.31. The fourth-order valence-electron chi connectivity index (χ4n) is 1.51. The van der Waals surface area contributed by atoms with Crippen molar-refractivity contribution in [1.82, 2.24) is 4.72 Å². The standard InChI is InChI=1S/C12H14ClF3N2O3S/c1-2-5-22(20,21)17-7-11(19)18-10-6-8(12(14,15)16)3-4-9(10)13/h3-4,6,17H,2,5,7H2,1H3,(H,18,19). The van der Waals surface area contributed by atoms with E-state index < -0.39 is 34.2 Å². The average molecular weight is 359 g/mol. The lowest BCUT2D eigenvalue weighted by Crippen LogP contribution is -2.34. The average Bonchev–Trinajstić information content (AvgIpc) is 2.38. The first-order valence-electron chi connectivity index (χ1n) is 6.19. The van der Waals surface area contributed by atoms with Crippen LogP contribution in [0, 0.1) is 0 Å². The van der Waals surface area contributed by atoms with Crippen molar-refractivity contribution >= 4 is 33.2 Å². The van der Waals surface area contributed by atoms with Gasteiger partial charge in [-0.25, -0.2) is 13.1 Å². The molecule has 0 aliphatic carbocycles. The number of benzene rings is 1. The molecule has 2 N–H and O–H groups in total. The van der Waals surface area contributed by atoms with E-state index >= 15 is 0 Å². The van der Waals surface area contributed by atoms with E-state index in [9.17, 15) is 26.4 Å². The Labute approximate surface area is 130 Å². The summed E-state index contributed by atoms with van der Waals surface area (Å²) in [6.07, 6.45) is -4.21. The third-order valence-corrected chi connectivity index (χ3v) is 4.35. The molecule has 0 aromatic heterocycles. The molecule has 0 fully saturated rings. The van der Waals surface area contributed by atoms with Crippen LogP contribution in [0.3, 0.4) is 0 Å². The molecule has 0 spiro atoms. The monoisotopic (exact) mass is 358 g/mol. The molecular formula is C12H14ClF3N2O3S. The van der Waals surface area contributed by atoms with Gasteiger partial charge in [-0.15, -0.1) is 0 Å². The number of nitrogens with one attached hydrogen (secondary N) is 2. The zero-order chi connectivity index (χ0) is 17.0. The summed E-state index contributed by atoms with van der Waals surface area (Å²) in [6, 6.07) is 2.46. The van der Waals surface area contributed by atoms with Gasteiger partial charge in [0.15, 0.2) is 0 Å². The van der Waals surface area contributed by atoms with Crippen LogP contribution in [0.25, 0.3) is 0 Å². The Balaban J connectivity index is 2.76. The van der Waals surface area contributed by atoms with Gasteiger partial charge in [0.2, 0.25) is 15.9 Å². The Bertz CT molecular complexity index is 648. The maximum atomic E-state index is 12.6. The number of amides is 1. The van der Waals surface area contributed by atoms with E-state index in [4.69, 9.17) is 11.6 Å². The summed E-state index contributed by atoms with van der Waals surface area (Å²) >= 11 is 5.71. The van der Waals surface area contributed by atoms with E-state index in [2.05, 4.69) is 5.32 Å². The quantitative estimate of drug-likeness (QED) is 0.820. The second kappa shape index (κ2) is 7.30. The molecule has 1 aromatic carbocycles. The molecule has 5 nitrogen and oxygen atoms in total. The van der Waals surface area contributed by atoms with Crippen LogP contribution in [0.2, 0.25) is 5.02 Å². The van der Waals surface area contributed by atoms with E-state index in [1.165, 1.54) is 0 Å². The molecule has 0 atom stereocenters. The van der Waals surface area contributed by atoms with Crippen molar-refractivity contribution in [2.45, 2.75) is 19.5 Å². The molecule has 0 saturated carbocycles. The molecule has 124 valence electrons. The Hall–Kier alpha value is -1.32. The van der Waals surface area contributed by atoms with Gasteiger partial charge in [0, 0.05) is 0 Å². The van der Waals surface area contributed by atoms with Crippen LogP contribution in [0.1, 0.15) is 18.9 Å². The molecule has 1 rings (SSSR count). The number of rotatable bonds is 6. The van der Waals surface area contributed by atoms with Crippen molar-refractivity contribution in [3.8, 4) is 0 Å². The summed E-state index contributed by atoms with van der Waals surface area (Å²) in [5.41, 5.74) is -1.21. The Morgan fingerprint density at radius 3 is 2.50 bits per heavy atom. The van der Waals surface area contributed by atoms with Crippen LogP contribution in [-0.2, 0) is 21.0 Å². The van der Waals surface area contributed by atoms with Gasteiger partial charge in [-0.05, 0) is 24.6 Å². The number of anilines is 1. The highest BCUT2D eigenvalue weighted by atomic mass is 35.5. The van der Waals surface area contributed by atoms with Crippen molar-refractivity contribution in [3.05, 3.63) is 28.8 Å². The molecule has 0 aliphatic rings. The summed E-state index contributed by atoms with van der Waals surface area (Å²) in [6.45, 7) is 1.07. The smallest absolute Gasteiger partial charge is 0.324 e. The fraction of sp³-hybridized carbons (Fsp3) is 0.417. The molecule has 22 heavy (non-hydrogen) atoms. The summed E-state index contributed by atoms with van der Waals surface area (Å²) in [5.74, 6) is -0.967. The number of carbonyl (C=O) groups excluding carboxylic acids is 1. The first-order chi connectivity index (χ1) is 10.0. The van der Waals surface area contributed by atoms with Gasteiger partial charge in [0.25, 0.3) is 0 Å². The highest BCUT2D eigenvalue weighted by Crippen LogP contribution is 2.33. The van der Waals surface area contributed by atoms with E-state index in [-0.39, 0.29) is 16.5 Å². The normalized spacial score (nSPS) is 12.2. The van der Waals surface area contributed by atoms with Crippen molar-refractivity contribution in [2.75, 3.05) is 17.6 Å². The predicted molar refractivity (Wildman–Crippen MR) is 77.2 cm³/mol. The predicted octanol–water partition coefficient (Wildman–Crippen LogP) is 2.63. The number of hydrogen-bond acceptors (Lipinski definition) is 3. The molecular weight excluding hydrogens is 345 g/mol. The summed E-state index contributed by atoms with van der Waals surface area (Å²) in [4.78, 5) is 11.6. The molecule has 0 saturated heterocycles. The minimum Gasteiger partial charge on any atom is -0.324 e. The van der Waals surface area contributed by atoms with Gasteiger partial charge in [-0.3, -0.25) is 4.79 Å². The van der Waals surface area contributed by atoms with Gasteiger partial charge in [-0.2, -0.15) is 13.2 Å². The van der Waals surface area contributed by atoms with E-state index in [0.29, 0.717) is 12.5 Å². The van der Waals surface area contributed by atoms with Crippen molar-refractivity contribution in [1.29, 1.82) is 0 Å². The largest absolute Gasteiger partial charge is 0.416 e. The van der Waals surface area contributed by atoms with Crippen LogP contribution in [0.4, 0.5) is 18.9 Å². The maximum Gasteiger partial charge on any atom is 0.416 e. The van der Waals surface area contributed by atoms with Crippen LogP contribution in [-0.4, -0.2) is 26.6 Å². The Morgan fingerprint density at radius 1 is 1.32 bits per heavy atom. The van der Waals surface area contributed by atoms with Crippen molar-refractivity contribution < 1.29 is 26.4 Å². The van der Waals surface area contributed by atoms with Gasteiger partial charge in [0.05, 0.1) is 28.6 Å². The molecule has 10 heteroatoms. The Kier molecular flexibility index (Phi) is 6.21. The lowest BCUT2D eigenvalue weighted by molar-refractivity contribution is -0.137. The number of hydrogen-bond donors (Lipinski definition) is 2. The van der Waals surface area contributed by atoms with Gasteiger partial charge >= 0.3 is 6.18 Å². The number of alkyl halides is 3. The minimum atomic E-state index is -4.58. The van der Waals surface area contributed by atoms with Crippen LogP contribution >= 0.6 is 11.6 Å². The molecule has 1 amide bonds. The molecule has 0 bridgehead atoms. The summed E-state index contributed by atoms with van der Waals surface area (Å²) in [5, 5.41) is 2.05. The van der Waals surface area contributed by atoms with Gasteiger partial charge in [0.1, 0.15) is 0 Å². The lowest BCUT2D eigenvalue weighted by Gasteiger charge is -2.12. The van der Waals surface area contributed by atoms with Crippen LogP contribution < -0.4 is 10.0 Å². The number of carbonyl (C=O) groups is 1. The lowest BCUT2D eigenvalue weighted by atomic mass is 10.2. The fourth-order valence-corrected chi connectivity index (χ4v) is 2.71. The highest BCUT2D eigenvalue weighted by molar-refractivity contribution is 7.89. The SMILES string of the molecule is CCCS(=O)(=O)NCC(=O)Nc1cc(C(F)(F)F)ccc1Cl. The third-order valence-electron chi connectivity index (χ3n) is 2.49. The minimum absolute atomic E-state index is 0.0854. The molecule has 0 radical (unpaired) electrons. The number of halogens is 4. The van der Waals surface area contributed by atoms with Gasteiger partial charge < -0.3 is 5.32 Å². The number of sulfonamides is 1. The Morgan fingerprint density at radius 2 is 1.95 bits per heavy atom. The molecule has 0 heterocycles. The first kappa shape index (κ1) is 18.7. The maximum absolute atomic E-state index is 12.6. The second-order valence-electron chi connectivity index (χ2n) is 4.38. The topological polar surface area (TPSA) is 75.3 Å².